The molecule has 1 heterocycles. The Balaban J connectivity index is 2.88. The van der Waals surface area contributed by atoms with Crippen molar-refractivity contribution in [3.63, 3.8) is 0 Å². The number of hydrogen-bond donors (Lipinski definition) is 0. The molecule has 1 aliphatic heterocycles. The Morgan fingerprint density at radius 2 is 2.15 bits per heavy atom. The third-order valence-electron chi connectivity index (χ3n) is 2.47. The Bertz CT molecular complexity index is 243. The van der Waals surface area contributed by atoms with Crippen LogP contribution in [0.3, 0.4) is 0 Å². The first-order valence-corrected chi connectivity index (χ1v) is 4.90. The third kappa shape index (κ3) is 2.08. The SMILES string of the molecule is CC(=O)N(C1=[N+](C)CCC1)C(C)C. The smallest absolute Gasteiger partial charge is 0.268 e. The lowest BCUT2D eigenvalue weighted by atomic mass is 10.2. The predicted octanol–water partition coefficient (Wildman–Crippen LogP) is 1.08. The first-order valence-electron chi connectivity index (χ1n) is 4.90. The number of carbonyl (C=O) groups excluding carboxylic acids is 1. The van der Waals surface area contributed by atoms with Crippen LogP contribution < -0.4 is 0 Å². The monoisotopic (exact) mass is 183 g/mol. The van der Waals surface area contributed by atoms with Gasteiger partial charge in [0.2, 0.25) is 0 Å². The Morgan fingerprint density at radius 1 is 1.54 bits per heavy atom. The van der Waals surface area contributed by atoms with Crippen molar-refractivity contribution in [2.75, 3.05) is 13.6 Å². The van der Waals surface area contributed by atoms with Gasteiger partial charge in [0.15, 0.2) is 0 Å². The summed E-state index contributed by atoms with van der Waals surface area (Å²) < 4.78 is 2.18. The summed E-state index contributed by atoms with van der Waals surface area (Å²) in [7, 11) is 2.06. The van der Waals surface area contributed by atoms with Crippen molar-refractivity contribution in [3.05, 3.63) is 0 Å². The fourth-order valence-corrected chi connectivity index (χ4v) is 1.94. The highest BCUT2D eigenvalue weighted by molar-refractivity contribution is 5.95. The zero-order valence-corrected chi connectivity index (χ0v) is 9.00. The van der Waals surface area contributed by atoms with E-state index in [1.807, 2.05) is 4.90 Å². The molecule has 0 N–H and O–H groups in total. The van der Waals surface area contributed by atoms with Crippen molar-refractivity contribution < 1.29 is 9.37 Å². The Morgan fingerprint density at radius 3 is 2.46 bits per heavy atom. The van der Waals surface area contributed by atoms with Crippen LogP contribution in [0.2, 0.25) is 0 Å². The van der Waals surface area contributed by atoms with Crippen molar-refractivity contribution in [1.29, 1.82) is 0 Å². The molecule has 0 saturated heterocycles. The minimum Gasteiger partial charge on any atom is -0.268 e. The van der Waals surface area contributed by atoms with Crippen LogP contribution in [0.1, 0.15) is 33.6 Å². The Labute approximate surface area is 80.0 Å². The molecule has 0 unspecified atom stereocenters. The maximum atomic E-state index is 11.4. The normalized spacial score (nSPS) is 17.0. The number of amidine groups is 1. The second kappa shape index (κ2) is 3.90. The molecule has 0 aromatic heterocycles. The standard InChI is InChI=1S/C10H19N2O/c1-8(2)12(9(3)13)10-6-5-7-11(10)4/h8H,5-7H2,1-4H3/q+1. The first-order chi connectivity index (χ1) is 6.04. The van der Waals surface area contributed by atoms with Gasteiger partial charge < -0.3 is 0 Å². The molecule has 1 amide bonds. The highest BCUT2D eigenvalue weighted by Crippen LogP contribution is 2.10. The van der Waals surface area contributed by atoms with E-state index >= 15 is 0 Å². The topological polar surface area (TPSA) is 23.3 Å². The van der Waals surface area contributed by atoms with Gasteiger partial charge in [0.05, 0.1) is 26.1 Å². The molecule has 0 radical (unpaired) electrons. The number of hydrogen-bond acceptors (Lipinski definition) is 1. The van der Waals surface area contributed by atoms with E-state index < -0.39 is 0 Å². The molecule has 1 aliphatic rings. The summed E-state index contributed by atoms with van der Waals surface area (Å²) in [5, 5.41) is 0. The summed E-state index contributed by atoms with van der Waals surface area (Å²) in [5.41, 5.74) is 0. The highest BCUT2D eigenvalue weighted by Gasteiger charge is 2.31. The van der Waals surface area contributed by atoms with Gasteiger partial charge in [-0.05, 0) is 20.3 Å². The number of rotatable bonds is 1. The van der Waals surface area contributed by atoms with E-state index in [9.17, 15) is 4.79 Å². The molecule has 0 aromatic carbocycles. The van der Waals surface area contributed by atoms with Crippen molar-refractivity contribution in [3.8, 4) is 0 Å². The lowest BCUT2D eigenvalue weighted by molar-refractivity contribution is -0.493. The highest BCUT2D eigenvalue weighted by atomic mass is 16.2. The van der Waals surface area contributed by atoms with Gasteiger partial charge in [0.1, 0.15) is 0 Å². The summed E-state index contributed by atoms with van der Waals surface area (Å²) in [4.78, 5) is 13.3. The first kappa shape index (κ1) is 10.2. The van der Waals surface area contributed by atoms with Gasteiger partial charge in [-0.2, -0.15) is 4.90 Å². The summed E-state index contributed by atoms with van der Waals surface area (Å²) in [6.07, 6.45) is 2.20. The van der Waals surface area contributed by atoms with Crippen molar-refractivity contribution in [2.24, 2.45) is 0 Å². The van der Waals surface area contributed by atoms with Crippen molar-refractivity contribution in [1.82, 2.24) is 4.90 Å². The maximum absolute atomic E-state index is 11.4. The average Bonchev–Trinajstić information content (AvgIpc) is 2.35. The minimum absolute atomic E-state index is 0.152. The minimum atomic E-state index is 0.152. The lowest BCUT2D eigenvalue weighted by Crippen LogP contribution is -2.42. The van der Waals surface area contributed by atoms with E-state index in [0.717, 1.165) is 13.0 Å². The zero-order valence-electron chi connectivity index (χ0n) is 9.00. The fourth-order valence-electron chi connectivity index (χ4n) is 1.94. The summed E-state index contributed by atoms with van der Waals surface area (Å²) in [6, 6.07) is 0.271. The van der Waals surface area contributed by atoms with Crippen molar-refractivity contribution in [2.45, 2.75) is 39.7 Å². The maximum Gasteiger partial charge on any atom is 0.306 e. The Kier molecular flexibility index (Phi) is 3.07. The van der Waals surface area contributed by atoms with Gasteiger partial charge >= 0.3 is 5.91 Å². The molecular weight excluding hydrogens is 164 g/mol. The summed E-state index contributed by atoms with van der Waals surface area (Å²) in [6.45, 7) is 6.83. The summed E-state index contributed by atoms with van der Waals surface area (Å²) >= 11 is 0. The van der Waals surface area contributed by atoms with E-state index in [1.54, 1.807) is 6.92 Å². The fraction of sp³-hybridized carbons (Fsp3) is 0.800. The van der Waals surface area contributed by atoms with Gasteiger partial charge in [0, 0.05) is 6.92 Å². The lowest BCUT2D eigenvalue weighted by Gasteiger charge is -2.18. The van der Waals surface area contributed by atoms with E-state index in [2.05, 4.69) is 25.5 Å². The van der Waals surface area contributed by atoms with Crippen molar-refractivity contribution >= 4 is 11.7 Å². The van der Waals surface area contributed by atoms with Gasteiger partial charge in [-0.3, -0.25) is 4.58 Å². The predicted molar refractivity (Wildman–Crippen MR) is 52.9 cm³/mol. The second-order valence-electron chi connectivity index (χ2n) is 3.92. The molecule has 0 bridgehead atoms. The third-order valence-corrected chi connectivity index (χ3v) is 2.47. The molecule has 74 valence electrons. The molecule has 0 aromatic rings. The number of amides is 1. The Hall–Kier alpha value is -0.860. The largest absolute Gasteiger partial charge is 0.306 e. The zero-order chi connectivity index (χ0) is 10.0. The van der Waals surface area contributed by atoms with Gasteiger partial charge in [-0.1, -0.05) is 0 Å². The molecule has 0 saturated carbocycles. The molecule has 3 nitrogen and oxygen atoms in total. The van der Waals surface area contributed by atoms with Gasteiger partial charge in [-0.15, -0.1) is 0 Å². The van der Waals surface area contributed by atoms with Crippen LogP contribution in [0.5, 0.6) is 0 Å². The molecule has 0 atom stereocenters. The summed E-state index contributed by atoms with van der Waals surface area (Å²) in [5.74, 6) is 1.33. The molecule has 0 fully saturated rings. The number of carbonyl (C=O) groups is 1. The van der Waals surface area contributed by atoms with Crippen LogP contribution in [-0.2, 0) is 4.79 Å². The van der Waals surface area contributed by atoms with Crippen LogP contribution in [0.25, 0.3) is 0 Å². The molecule has 0 aliphatic carbocycles. The number of nitrogens with zero attached hydrogens (tertiary/aromatic N) is 2. The van der Waals surface area contributed by atoms with Crippen LogP contribution in [0.4, 0.5) is 0 Å². The molecule has 0 spiro atoms. The van der Waals surface area contributed by atoms with E-state index in [-0.39, 0.29) is 11.9 Å². The molecule has 1 rings (SSSR count). The van der Waals surface area contributed by atoms with E-state index in [4.69, 9.17) is 0 Å². The second-order valence-corrected chi connectivity index (χ2v) is 3.92. The van der Waals surface area contributed by atoms with Gasteiger partial charge in [0.25, 0.3) is 5.84 Å². The average molecular weight is 183 g/mol. The molecular formula is C10H19N2O+. The van der Waals surface area contributed by atoms with Crippen LogP contribution in [-0.4, -0.2) is 40.9 Å². The van der Waals surface area contributed by atoms with Crippen LogP contribution >= 0.6 is 0 Å². The van der Waals surface area contributed by atoms with E-state index in [0.29, 0.717) is 0 Å². The van der Waals surface area contributed by atoms with Crippen LogP contribution in [0.15, 0.2) is 0 Å². The molecule has 13 heavy (non-hydrogen) atoms. The quantitative estimate of drug-likeness (QED) is 0.558. The van der Waals surface area contributed by atoms with Crippen LogP contribution in [0, 0.1) is 0 Å². The molecule has 3 heteroatoms. The van der Waals surface area contributed by atoms with E-state index in [1.165, 1.54) is 12.3 Å². The van der Waals surface area contributed by atoms with Gasteiger partial charge in [-0.25, -0.2) is 4.79 Å².